The minimum Gasteiger partial charge on any atom is -0.340 e. The minimum absolute atomic E-state index is 0. The SMILES string of the molecule is CC1CN(C(=O)C2(CN)CCCC2)CCS1.Cl. The second kappa shape index (κ2) is 6.30. The number of hydrogen-bond donors (Lipinski definition) is 1. The Morgan fingerprint density at radius 3 is 2.65 bits per heavy atom. The van der Waals surface area contributed by atoms with Gasteiger partial charge in [-0.1, -0.05) is 19.8 Å². The van der Waals surface area contributed by atoms with E-state index in [0.717, 1.165) is 31.7 Å². The number of rotatable bonds is 2. The Hall–Kier alpha value is 0.0700. The molecule has 0 radical (unpaired) electrons. The molecule has 2 fully saturated rings. The second-order valence-corrected chi connectivity index (χ2v) is 6.67. The van der Waals surface area contributed by atoms with Gasteiger partial charge in [0.2, 0.25) is 5.91 Å². The summed E-state index contributed by atoms with van der Waals surface area (Å²) in [7, 11) is 0. The fourth-order valence-electron chi connectivity index (χ4n) is 2.90. The van der Waals surface area contributed by atoms with Gasteiger partial charge in [-0.3, -0.25) is 4.79 Å². The fraction of sp³-hybridized carbons (Fsp3) is 0.917. The number of carbonyl (C=O) groups is 1. The zero-order chi connectivity index (χ0) is 11.6. The standard InChI is InChI=1S/C12H22N2OS.ClH/c1-10-8-14(6-7-16-10)11(15)12(9-13)4-2-3-5-12;/h10H,2-9,13H2,1H3;1H. The normalized spacial score (nSPS) is 27.6. The molecule has 3 nitrogen and oxygen atoms in total. The lowest BCUT2D eigenvalue weighted by Gasteiger charge is -2.37. The van der Waals surface area contributed by atoms with E-state index < -0.39 is 0 Å². The predicted octanol–water partition coefficient (Wildman–Crippen LogP) is 1.89. The minimum atomic E-state index is -0.207. The van der Waals surface area contributed by atoms with Crippen molar-refractivity contribution in [3.05, 3.63) is 0 Å². The molecule has 17 heavy (non-hydrogen) atoms. The Balaban J connectivity index is 0.00000144. The third-order valence-corrected chi connectivity index (χ3v) is 5.07. The highest BCUT2D eigenvalue weighted by Crippen LogP contribution is 2.39. The van der Waals surface area contributed by atoms with Crippen LogP contribution in [0.25, 0.3) is 0 Å². The van der Waals surface area contributed by atoms with Crippen molar-refractivity contribution in [2.45, 2.75) is 37.9 Å². The molecule has 2 aliphatic rings. The summed E-state index contributed by atoms with van der Waals surface area (Å²) in [5.41, 5.74) is 5.65. The summed E-state index contributed by atoms with van der Waals surface area (Å²) in [5.74, 6) is 1.41. The van der Waals surface area contributed by atoms with Crippen molar-refractivity contribution in [1.82, 2.24) is 4.90 Å². The zero-order valence-corrected chi connectivity index (χ0v) is 12.1. The third-order valence-electron chi connectivity index (χ3n) is 3.93. The van der Waals surface area contributed by atoms with Crippen molar-refractivity contribution in [3.8, 4) is 0 Å². The van der Waals surface area contributed by atoms with Gasteiger partial charge in [-0.2, -0.15) is 11.8 Å². The first-order valence-electron chi connectivity index (χ1n) is 6.29. The molecular weight excluding hydrogens is 256 g/mol. The first-order valence-corrected chi connectivity index (χ1v) is 7.34. The van der Waals surface area contributed by atoms with Crippen LogP contribution in [-0.4, -0.2) is 41.4 Å². The monoisotopic (exact) mass is 278 g/mol. The molecule has 2 rings (SSSR count). The first-order chi connectivity index (χ1) is 7.68. The van der Waals surface area contributed by atoms with Crippen molar-refractivity contribution in [2.75, 3.05) is 25.4 Å². The van der Waals surface area contributed by atoms with E-state index in [4.69, 9.17) is 5.73 Å². The highest BCUT2D eigenvalue weighted by Gasteiger charge is 2.42. The Morgan fingerprint density at radius 1 is 1.47 bits per heavy atom. The topological polar surface area (TPSA) is 46.3 Å². The highest BCUT2D eigenvalue weighted by atomic mass is 35.5. The average Bonchev–Trinajstić information content (AvgIpc) is 2.78. The average molecular weight is 279 g/mol. The van der Waals surface area contributed by atoms with Crippen molar-refractivity contribution < 1.29 is 4.79 Å². The molecule has 1 heterocycles. The molecule has 5 heteroatoms. The van der Waals surface area contributed by atoms with Crippen LogP contribution in [0.2, 0.25) is 0 Å². The van der Waals surface area contributed by atoms with Crippen LogP contribution in [0.4, 0.5) is 0 Å². The van der Waals surface area contributed by atoms with Crippen molar-refractivity contribution in [2.24, 2.45) is 11.1 Å². The summed E-state index contributed by atoms with van der Waals surface area (Å²) in [4.78, 5) is 14.6. The fourth-order valence-corrected chi connectivity index (χ4v) is 3.91. The molecule has 1 aliphatic carbocycles. The summed E-state index contributed by atoms with van der Waals surface area (Å²) >= 11 is 1.96. The summed E-state index contributed by atoms with van der Waals surface area (Å²) in [6.07, 6.45) is 4.34. The molecule has 1 amide bonds. The molecule has 0 aromatic carbocycles. The summed E-state index contributed by atoms with van der Waals surface area (Å²) < 4.78 is 0. The van der Waals surface area contributed by atoms with Gasteiger partial charge in [0.05, 0.1) is 5.41 Å². The third kappa shape index (κ3) is 3.09. The predicted molar refractivity (Wildman–Crippen MR) is 75.7 cm³/mol. The largest absolute Gasteiger partial charge is 0.340 e. The van der Waals surface area contributed by atoms with Crippen LogP contribution < -0.4 is 5.73 Å². The summed E-state index contributed by atoms with van der Waals surface area (Å²) in [6, 6.07) is 0. The van der Waals surface area contributed by atoms with Crippen LogP contribution in [0.5, 0.6) is 0 Å². The Bertz CT molecular complexity index is 269. The van der Waals surface area contributed by atoms with Crippen LogP contribution in [0.1, 0.15) is 32.6 Å². The highest BCUT2D eigenvalue weighted by molar-refractivity contribution is 7.99. The molecule has 1 saturated heterocycles. The Labute approximate surface area is 114 Å². The van der Waals surface area contributed by atoms with Crippen LogP contribution in [0.15, 0.2) is 0 Å². The van der Waals surface area contributed by atoms with E-state index in [1.807, 2.05) is 11.8 Å². The lowest BCUT2D eigenvalue weighted by molar-refractivity contribution is -0.141. The molecule has 0 spiro atoms. The molecule has 0 aromatic rings. The molecule has 100 valence electrons. The van der Waals surface area contributed by atoms with Crippen LogP contribution in [0, 0.1) is 5.41 Å². The molecule has 1 unspecified atom stereocenters. The van der Waals surface area contributed by atoms with E-state index in [1.165, 1.54) is 12.8 Å². The number of nitrogens with two attached hydrogens (primary N) is 1. The summed E-state index contributed by atoms with van der Waals surface area (Å²) in [5, 5.41) is 0.578. The lowest BCUT2D eigenvalue weighted by Crippen LogP contribution is -2.50. The molecule has 1 atom stereocenters. The van der Waals surface area contributed by atoms with Crippen molar-refractivity contribution >= 4 is 30.1 Å². The second-order valence-electron chi connectivity index (χ2n) is 5.12. The molecule has 2 N–H and O–H groups in total. The van der Waals surface area contributed by atoms with Gasteiger partial charge in [-0.05, 0) is 12.8 Å². The van der Waals surface area contributed by atoms with E-state index in [0.29, 0.717) is 17.7 Å². The number of halogens is 1. The number of nitrogens with zero attached hydrogens (tertiary/aromatic N) is 1. The van der Waals surface area contributed by atoms with Gasteiger partial charge < -0.3 is 10.6 Å². The maximum atomic E-state index is 12.5. The number of carbonyl (C=O) groups excluding carboxylic acids is 1. The summed E-state index contributed by atoms with van der Waals surface area (Å²) in [6.45, 7) is 4.55. The van der Waals surface area contributed by atoms with Crippen LogP contribution in [0.3, 0.4) is 0 Å². The quantitative estimate of drug-likeness (QED) is 0.839. The van der Waals surface area contributed by atoms with Gasteiger partial charge in [-0.25, -0.2) is 0 Å². The Morgan fingerprint density at radius 2 is 2.12 bits per heavy atom. The first kappa shape index (κ1) is 15.1. The lowest BCUT2D eigenvalue weighted by atomic mass is 9.84. The molecule has 0 bridgehead atoms. The van der Waals surface area contributed by atoms with E-state index in [1.54, 1.807) is 0 Å². The van der Waals surface area contributed by atoms with Gasteiger partial charge in [-0.15, -0.1) is 12.4 Å². The maximum Gasteiger partial charge on any atom is 0.230 e. The number of amides is 1. The van der Waals surface area contributed by atoms with E-state index in [-0.39, 0.29) is 17.8 Å². The van der Waals surface area contributed by atoms with Gasteiger partial charge in [0.15, 0.2) is 0 Å². The molecular formula is C12H23ClN2OS. The van der Waals surface area contributed by atoms with E-state index in [2.05, 4.69) is 11.8 Å². The van der Waals surface area contributed by atoms with Gasteiger partial charge in [0, 0.05) is 30.6 Å². The van der Waals surface area contributed by atoms with Crippen LogP contribution >= 0.6 is 24.2 Å². The molecule has 0 aromatic heterocycles. The van der Waals surface area contributed by atoms with E-state index in [9.17, 15) is 4.79 Å². The maximum absolute atomic E-state index is 12.5. The van der Waals surface area contributed by atoms with Crippen LogP contribution in [-0.2, 0) is 4.79 Å². The van der Waals surface area contributed by atoms with Crippen molar-refractivity contribution in [3.63, 3.8) is 0 Å². The number of thioether (sulfide) groups is 1. The van der Waals surface area contributed by atoms with Gasteiger partial charge in [0.25, 0.3) is 0 Å². The Kier molecular flexibility index (Phi) is 5.61. The van der Waals surface area contributed by atoms with E-state index >= 15 is 0 Å². The number of hydrogen-bond acceptors (Lipinski definition) is 3. The zero-order valence-electron chi connectivity index (χ0n) is 10.5. The molecule has 1 aliphatic heterocycles. The van der Waals surface area contributed by atoms with Gasteiger partial charge >= 0.3 is 0 Å². The molecule has 1 saturated carbocycles. The van der Waals surface area contributed by atoms with Gasteiger partial charge in [0.1, 0.15) is 0 Å². The smallest absolute Gasteiger partial charge is 0.230 e. The van der Waals surface area contributed by atoms with Crippen molar-refractivity contribution in [1.29, 1.82) is 0 Å².